The maximum absolute atomic E-state index is 4.39. The van der Waals surface area contributed by atoms with Crippen LogP contribution in [0.1, 0.15) is 11.3 Å². The van der Waals surface area contributed by atoms with Gasteiger partial charge in [0, 0.05) is 35.0 Å². The van der Waals surface area contributed by atoms with E-state index in [-0.39, 0.29) is 0 Å². The summed E-state index contributed by atoms with van der Waals surface area (Å²) in [7, 11) is 0. The molecule has 0 radical (unpaired) electrons. The molecule has 3 rings (SSSR count). The molecule has 0 unspecified atom stereocenters. The number of pyridine rings is 1. The van der Waals surface area contributed by atoms with Crippen molar-refractivity contribution in [2.45, 2.75) is 12.2 Å². The Balaban J connectivity index is 2.09. The van der Waals surface area contributed by atoms with E-state index in [4.69, 9.17) is 0 Å². The van der Waals surface area contributed by atoms with Crippen molar-refractivity contribution in [2.24, 2.45) is 0 Å². The van der Waals surface area contributed by atoms with Gasteiger partial charge in [-0.2, -0.15) is 16.9 Å². The number of rotatable bonds is 1. The number of nitrogens with zero attached hydrogens (tertiary/aromatic N) is 2. The van der Waals surface area contributed by atoms with Crippen LogP contribution in [0.25, 0.3) is 11.3 Å². The first-order chi connectivity index (χ1) is 7.45. The van der Waals surface area contributed by atoms with E-state index in [1.807, 2.05) is 24.0 Å². The zero-order valence-electron chi connectivity index (χ0n) is 8.23. The van der Waals surface area contributed by atoms with Crippen LogP contribution in [0.3, 0.4) is 0 Å². The molecule has 76 valence electrons. The lowest BCUT2D eigenvalue weighted by molar-refractivity contribution is 0.966. The van der Waals surface area contributed by atoms with Crippen molar-refractivity contribution in [3.05, 3.63) is 35.8 Å². The second-order valence-corrected chi connectivity index (χ2v) is 4.68. The first kappa shape index (κ1) is 8.97. The SMILES string of the molecule is c1cncc(-c2n[nH]c3c2CSCC3)c1. The van der Waals surface area contributed by atoms with E-state index in [0.717, 1.165) is 23.4 Å². The van der Waals surface area contributed by atoms with Gasteiger partial charge in [0.15, 0.2) is 0 Å². The van der Waals surface area contributed by atoms with Gasteiger partial charge in [-0.1, -0.05) is 0 Å². The van der Waals surface area contributed by atoms with E-state index in [0.29, 0.717) is 0 Å². The van der Waals surface area contributed by atoms with Crippen LogP contribution in [0.5, 0.6) is 0 Å². The van der Waals surface area contributed by atoms with Crippen molar-refractivity contribution in [2.75, 3.05) is 5.75 Å². The van der Waals surface area contributed by atoms with Crippen LogP contribution < -0.4 is 0 Å². The molecule has 15 heavy (non-hydrogen) atoms. The van der Waals surface area contributed by atoms with E-state index in [1.54, 1.807) is 6.20 Å². The molecule has 0 aromatic carbocycles. The summed E-state index contributed by atoms with van der Waals surface area (Å²) in [6.07, 6.45) is 4.76. The van der Waals surface area contributed by atoms with Gasteiger partial charge in [-0.25, -0.2) is 0 Å². The van der Waals surface area contributed by atoms with E-state index in [1.165, 1.54) is 17.0 Å². The zero-order chi connectivity index (χ0) is 10.1. The summed E-state index contributed by atoms with van der Waals surface area (Å²) >= 11 is 1.97. The van der Waals surface area contributed by atoms with E-state index >= 15 is 0 Å². The summed E-state index contributed by atoms with van der Waals surface area (Å²) in [4.78, 5) is 4.13. The van der Waals surface area contributed by atoms with Crippen molar-refractivity contribution in [1.29, 1.82) is 0 Å². The first-order valence-electron chi connectivity index (χ1n) is 4.99. The number of aromatic amines is 1. The molecule has 2 aromatic heterocycles. The minimum Gasteiger partial charge on any atom is -0.282 e. The summed E-state index contributed by atoms with van der Waals surface area (Å²) in [5, 5.41) is 7.52. The van der Waals surface area contributed by atoms with Crippen LogP contribution >= 0.6 is 11.8 Å². The number of fused-ring (bicyclic) bond motifs is 1. The molecule has 0 bridgehead atoms. The van der Waals surface area contributed by atoms with Crippen LogP contribution in [0.4, 0.5) is 0 Å². The Morgan fingerprint density at radius 2 is 2.40 bits per heavy atom. The van der Waals surface area contributed by atoms with Crippen LogP contribution in [0, 0.1) is 0 Å². The average Bonchev–Trinajstić information content (AvgIpc) is 2.74. The second-order valence-electron chi connectivity index (χ2n) is 3.57. The van der Waals surface area contributed by atoms with Crippen molar-refractivity contribution in [3.63, 3.8) is 0 Å². The average molecular weight is 217 g/mol. The Bertz CT molecular complexity index is 464. The zero-order valence-corrected chi connectivity index (χ0v) is 9.05. The Morgan fingerprint density at radius 3 is 3.27 bits per heavy atom. The standard InChI is InChI=1S/C11H11N3S/c1-2-8(6-12-4-1)11-9-7-15-5-3-10(9)13-14-11/h1-2,4,6H,3,5,7H2,(H,13,14). The predicted molar refractivity (Wildman–Crippen MR) is 61.7 cm³/mol. The molecule has 1 N–H and O–H groups in total. The third kappa shape index (κ3) is 1.55. The number of nitrogens with one attached hydrogen (secondary N) is 1. The molecule has 2 aromatic rings. The number of hydrogen-bond donors (Lipinski definition) is 1. The number of H-pyrrole nitrogens is 1. The summed E-state index contributed by atoms with van der Waals surface area (Å²) in [6, 6.07) is 4.01. The molecule has 0 saturated heterocycles. The predicted octanol–water partition coefficient (Wildman–Crippen LogP) is 2.26. The van der Waals surface area contributed by atoms with Gasteiger partial charge in [0.25, 0.3) is 0 Å². The Labute approximate surface area is 92.3 Å². The highest BCUT2D eigenvalue weighted by Gasteiger charge is 2.17. The number of aromatic nitrogens is 3. The van der Waals surface area contributed by atoms with E-state index < -0.39 is 0 Å². The van der Waals surface area contributed by atoms with Crippen molar-refractivity contribution in [3.8, 4) is 11.3 Å². The summed E-state index contributed by atoms with van der Waals surface area (Å²) in [5.74, 6) is 2.26. The molecule has 0 saturated carbocycles. The molecule has 1 aliphatic rings. The summed E-state index contributed by atoms with van der Waals surface area (Å²) < 4.78 is 0. The van der Waals surface area contributed by atoms with Crippen molar-refractivity contribution < 1.29 is 0 Å². The second kappa shape index (κ2) is 3.70. The smallest absolute Gasteiger partial charge is 0.0979 e. The van der Waals surface area contributed by atoms with Crippen molar-refractivity contribution in [1.82, 2.24) is 15.2 Å². The summed E-state index contributed by atoms with van der Waals surface area (Å²) in [5.41, 5.74) is 4.84. The third-order valence-electron chi connectivity index (χ3n) is 2.63. The largest absolute Gasteiger partial charge is 0.282 e. The van der Waals surface area contributed by atoms with Crippen LogP contribution in [0.15, 0.2) is 24.5 Å². The molecule has 0 spiro atoms. The molecular formula is C11H11N3S. The number of aryl methyl sites for hydroxylation is 1. The third-order valence-corrected chi connectivity index (χ3v) is 3.62. The Morgan fingerprint density at radius 1 is 1.40 bits per heavy atom. The van der Waals surface area contributed by atoms with Crippen LogP contribution in [-0.2, 0) is 12.2 Å². The molecule has 0 aliphatic carbocycles. The van der Waals surface area contributed by atoms with Crippen molar-refractivity contribution >= 4 is 11.8 Å². The molecule has 3 nitrogen and oxygen atoms in total. The topological polar surface area (TPSA) is 41.6 Å². The van der Waals surface area contributed by atoms with Gasteiger partial charge in [0.05, 0.1) is 5.69 Å². The van der Waals surface area contributed by atoms with Gasteiger partial charge in [-0.15, -0.1) is 0 Å². The highest BCUT2D eigenvalue weighted by Crippen LogP contribution is 2.30. The lowest BCUT2D eigenvalue weighted by Gasteiger charge is -2.10. The minimum atomic E-state index is 1.07. The Kier molecular flexibility index (Phi) is 2.21. The monoisotopic (exact) mass is 217 g/mol. The maximum atomic E-state index is 4.39. The van der Waals surface area contributed by atoms with Crippen LogP contribution in [-0.4, -0.2) is 20.9 Å². The van der Waals surface area contributed by atoms with E-state index in [9.17, 15) is 0 Å². The number of hydrogen-bond acceptors (Lipinski definition) is 3. The lowest BCUT2D eigenvalue weighted by Crippen LogP contribution is -2.00. The first-order valence-corrected chi connectivity index (χ1v) is 6.15. The van der Waals surface area contributed by atoms with E-state index in [2.05, 4.69) is 21.2 Å². The molecule has 0 amide bonds. The fraction of sp³-hybridized carbons (Fsp3) is 0.273. The minimum absolute atomic E-state index is 1.07. The Hall–Kier alpha value is -1.29. The number of thioether (sulfide) groups is 1. The molecule has 3 heterocycles. The highest BCUT2D eigenvalue weighted by atomic mass is 32.2. The molecule has 0 fully saturated rings. The fourth-order valence-electron chi connectivity index (χ4n) is 1.85. The van der Waals surface area contributed by atoms with Gasteiger partial charge < -0.3 is 0 Å². The summed E-state index contributed by atoms with van der Waals surface area (Å²) in [6.45, 7) is 0. The molecule has 4 heteroatoms. The van der Waals surface area contributed by atoms with Gasteiger partial charge in [-0.05, 0) is 24.3 Å². The van der Waals surface area contributed by atoms with Gasteiger partial charge >= 0.3 is 0 Å². The molecule has 0 atom stereocenters. The van der Waals surface area contributed by atoms with Gasteiger partial charge in [0.2, 0.25) is 0 Å². The molecule has 1 aliphatic heterocycles. The quantitative estimate of drug-likeness (QED) is 0.796. The fourth-order valence-corrected chi connectivity index (χ4v) is 2.86. The lowest BCUT2D eigenvalue weighted by atomic mass is 10.1. The molecular weight excluding hydrogens is 206 g/mol. The van der Waals surface area contributed by atoms with Crippen LogP contribution in [0.2, 0.25) is 0 Å². The normalized spacial score (nSPS) is 14.9. The van der Waals surface area contributed by atoms with Gasteiger partial charge in [-0.3, -0.25) is 10.1 Å². The van der Waals surface area contributed by atoms with Gasteiger partial charge in [0.1, 0.15) is 0 Å². The highest BCUT2D eigenvalue weighted by molar-refractivity contribution is 7.98. The maximum Gasteiger partial charge on any atom is 0.0979 e.